The second-order valence-corrected chi connectivity index (χ2v) is 9.40. The molecule has 0 aromatic carbocycles. The standard InChI is InChI=1S/C21H19N7O7S2/c1-2-8-35-25-12(15-23-20(37-26-15)24-21(33)34)16(29)22-13-17(30)28-14(19(31)32)11(10-36-18(13)28)9-27-6-4-3-5-7-27/h2-7,13,18H,1,8-10H2,(H3-,22,23,24,26,29,31,32,33,34)/p+1/t13?,18-/m1/s1. The van der Waals surface area contributed by atoms with Crippen molar-refractivity contribution in [1.29, 1.82) is 0 Å². The molecule has 1 unspecified atom stereocenters. The average molecular weight is 547 g/mol. The Kier molecular flexibility index (Phi) is 7.78. The monoisotopic (exact) mass is 546 g/mol. The molecule has 1 fully saturated rings. The second kappa shape index (κ2) is 11.2. The summed E-state index contributed by atoms with van der Waals surface area (Å²) < 4.78 is 5.73. The summed E-state index contributed by atoms with van der Waals surface area (Å²) in [6.07, 6.45) is 3.62. The largest absolute Gasteiger partial charge is 0.477 e. The summed E-state index contributed by atoms with van der Waals surface area (Å²) in [5.74, 6) is -2.56. The molecule has 1 saturated heterocycles. The maximum atomic E-state index is 13.0. The molecule has 14 nitrogen and oxygen atoms in total. The van der Waals surface area contributed by atoms with Gasteiger partial charge < -0.3 is 20.4 Å². The third-order valence-electron chi connectivity index (χ3n) is 5.10. The van der Waals surface area contributed by atoms with Gasteiger partial charge in [-0.1, -0.05) is 23.9 Å². The first-order valence-corrected chi connectivity index (χ1v) is 12.4. The second-order valence-electron chi connectivity index (χ2n) is 7.54. The molecule has 0 saturated carbocycles. The van der Waals surface area contributed by atoms with Crippen molar-refractivity contribution in [3.63, 3.8) is 0 Å². The third-order valence-corrected chi connectivity index (χ3v) is 7.07. The van der Waals surface area contributed by atoms with Crippen molar-refractivity contribution in [2.45, 2.75) is 18.0 Å². The smallest absolute Gasteiger partial charge is 0.411 e. The Balaban J connectivity index is 1.52. The maximum Gasteiger partial charge on any atom is 0.411 e. The van der Waals surface area contributed by atoms with Gasteiger partial charge in [-0.3, -0.25) is 19.8 Å². The Bertz CT molecular complexity index is 1310. The highest BCUT2D eigenvalue weighted by atomic mass is 32.2. The molecular formula is C21H20N7O7S2+. The minimum atomic E-state index is -1.37. The van der Waals surface area contributed by atoms with Gasteiger partial charge in [0.25, 0.3) is 11.8 Å². The lowest BCUT2D eigenvalue weighted by molar-refractivity contribution is -0.689. The summed E-state index contributed by atoms with van der Waals surface area (Å²) >= 11 is 2.00. The maximum absolute atomic E-state index is 13.0. The van der Waals surface area contributed by atoms with E-state index in [2.05, 4.69) is 26.4 Å². The van der Waals surface area contributed by atoms with Gasteiger partial charge in [0.1, 0.15) is 23.7 Å². The van der Waals surface area contributed by atoms with Crippen LogP contribution in [0.5, 0.6) is 0 Å². The quantitative estimate of drug-likeness (QED) is 0.0804. The van der Waals surface area contributed by atoms with Crippen LogP contribution >= 0.6 is 23.3 Å². The molecule has 0 spiro atoms. The number of nitrogens with one attached hydrogen (secondary N) is 2. The zero-order valence-electron chi connectivity index (χ0n) is 18.9. The number of aliphatic carboxylic acids is 1. The molecule has 16 heteroatoms. The Hall–Kier alpha value is -4.31. The molecular weight excluding hydrogens is 526 g/mol. The number of anilines is 1. The van der Waals surface area contributed by atoms with Gasteiger partial charge in [0.15, 0.2) is 18.9 Å². The van der Waals surface area contributed by atoms with Crippen LogP contribution in [0.25, 0.3) is 0 Å². The van der Waals surface area contributed by atoms with E-state index >= 15 is 0 Å². The highest BCUT2D eigenvalue weighted by Crippen LogP contribution is 2.40. The number of aromatic nitrogens is 3. The summed E-state index contributed by atoms with van der Waals surface area (Å²) in [5, 5.41) is 26.2. The molecule has 0 aliphatic carbocycles. The van der Waals surface area contributed by atoms with Crippen molar-refractivity contribution in [1.82, 2.24) is 19.6 Å². The van der Waals surface area contributed by atoms with E-state index in [4.69, 9.17) is 9.94 Å². The summed E-state index contributed by atoms with van der Waals surface area (Å²) in [6, 6.07) is 4.44. The first-order chi connectivity index (χ1) is 17.8. The number of fused-ring (bicyclic) bond motifs is 1. The molecule has 2 aliphatic heterocycles. The van der Waals surface area contributed by atoms with Crippen LogP contribution in [0.1, 0.15) is 5.82 Å². The van der Waals surface area contributed by atoms with Crippen molar-refractivity contribution >= 4 is 58.0 Å². The summed E-state index contributed by atoms with van der Waals surface area (Å²) in [6.45, 7) is 3.74. The fourth-order valence-electron chi connectivity index (χ4n) is 3.57. The van der Waals surface area contributed by atoms with Crippen LogP contribution < -0.4 is 15.2 Å². The van der Waals surface area contributed by atoms with Gasteiger partial charge in [-0.15, -0.1) is 11.8 Å². The molecule has 2 aromatic rings. The van der Waals surface area contributed by atoms with Crippen LogP contribution in [-0.4, -0.2) is 77.8 Å². The first-order valence-electron chi connectivity index (χ1n) is 10.6. The molecule has 2 aliphatic rings. The number of carboxylic acid groups (broad SMARTS) is 2. The molecule has 4 heterocycles. The van der Waals surface area contributed by atoms with Crippen molar-refractivity contribution in [3.8, 4) is 0 Å². The van der Waals surface area contributed by atoms with Crippen LogP contribution in [0.2, 0.25) is 0 Å². The fourth-order valence-corrected chi connectivity index (χ4v) is 5.47. The molecule has 3 amide bonds. The van der Waals surface area contributed by atoms with Crippen molar-refractivity contribution in [2.75, 3.05) is 17.7 Å². The number of carbonyl (C=O) groups excluding carboxylic acids is 2. The van der Waals surface area contributed by atoms with Crippen LogP contribution in [0, 0.1) is 0 Å². The lowest BCUT2D eigenvalue weighted by atomic mass is 10.0. The number of carbonyl (C=O) groups is 4. The van der Waals surface area contributed by atoms with Crippen LogP contribution in [0.15, 0.2) is 59.7 Å². The predicted molar refractivity (Wildman–Crippen MR) is 131 cm³/mol. The summed E-state index contributed by atoms with van der Waals surface area (Å²) in [7, 11) is 0. The van der Waals surface area contributed by atoms with E-state index in [0.717, 1.165) is 0 Å². The number of hydrogen-bond donors (Lipinski definition) is 4. The molecule has 2 atom stereocenters. The topological polar surface area (TPSA) is 187 Å². The SMILES string of the molecule is C=CCON=C(C(=O)NC1C(=O)N2C(C(=O)O)=C(C[n+]3ccccc3)CS[C@H]12)c1nsc(NC(=O)O)n1. The summed E-state index contributed by atoms with van der Waals surface area (Å²) in [4.78, 5) is 59.0. The third kappa shape index (κ3) is 5.59. The number of oxime groups is 1. The number of β-lactam (4-membered cyclic amide) rings is 1. The van der Waals surface area contributed by atoms with E-state index < -0.39 is 41.0 Å². The Morgan fingerprint density at radius 3 is 2.73 bits per heavy atom. The van der Waals surface area contributed by atoms with Crippen molar-refractivity contribution in [2.24, 2.45) is 5.16 Å². The molecule has 4 rings (SSSR count). The van der Waals surface area contributed by atoms with E-state index in [1.165, 1.54) is 22.7 Å². The van der Waals surface area contributed by atoms with Gasteiger partial charge in [0.05, 0.1) is 0 Å². The number of rotatable bonds is 10. The van der Waals surface area contributed by atoms with Gasteiger partial charge in [0, 0.05) is 35.0 Å². The molecule has 4 N–H and O–H groups in total. The fraction of sp³-hybridized carbons (Fsp3) is 0.238. The van der Waals surface area contributed by atoms with Gasteiger partial charge >= 0.3 is 12.1 Å². The van der Waals surface area contributed by atoms with E-state index in [0.29, 0.717) is 29.4 Å². The van der Waals surface area contributed by atoms with Gasteiger partial charge in [-0.05, 0) is 0 Å². The van der Waals surface area contributed by atoms with E-state index in [1.807, 2.05) is 28.1 Å². The zero-order chi connectivity index (χ0) is 26.5. The minimum absolute atomic E-state index is 0.0370. The Morgan fingerprint density at radius 1 is 1.30 bits per heavy atom. The molecule has 37 heavy (non-hydrogen) atoms. The number of thioether (sulfide) groups is 1. The normalized spacial score (nSPS) is 19.0. The minimum Gasteiger partial charge on any atom is -0.477 e. The van der Waals surface area contributed by atoms with Crippen LogP contribution in [0.3, 0.4) is 0 Å². The van der Waals surface area contributed by atoms with Gasteiger partial charge in [-0.25, -0.2) is 14.2 Å². The lowest BCUT2D eigenvalue weighted by Crippen LogP contribution is -2.71. The number of carboxylic acids is 1. The van der Waals surface area contributed by atoms with Crippen molar-refractivity contribution < 1.29 is 38.8 Å². The highest BCUT2D eigenvalue weighted by molar-refractivity contribution is 8.00. The van der Waals surface area contributed by atoms with Crippen molar-refractivity contribution in [3.05, 3.63) is 60.3 Å². The molecule has 192 valence electrons. The van der Waals surface area contributed by atoms with Crippen LogP contribution in [-0.2, 0) is 25.8 Å². The van der Waals surface area contributed by atoms with E-state index in [9.17, 15) is 24.3 Å². The average Bonchev–Trinajstić information content (AvgIpc) is 3.32. The lowest BCUT2D eigenvalue weighted by Gasteiger charge is -2.49. The molecule has 2 aromatic heterocycles. The van der Waals surface area contributed by atoms with Gasteiger partial charge in [0.2, 0.25) is 16.7 Å². The number of pyridine rings is 1. The zero-order valence-corrected chi connectivity index (χ0v) is 20.6. The number of hydrogen-bond acceptors (Lipinski definition) is 10. The van der Waals surface area contributed by atoms with Gasteiger partial charge in [-0.2, -0.15) is 9.36 Å². The molecule has 0 radical (unpaired) electrons. The van der Waals surface area contributed by atoms with Crippen LogP contribution in [0.4, 0.5) is 9.93 Å². The Labute approximate surface area is 217 Å². The predicted octanol–water partition coefficient (Wildman–Crippen LogP) is 0.261. The first kappa shape index (κ1) is 25.8. The number of nitrogens with zero attached hydrogens (tertiary/aromatic N) is 5. The Morgan fingerprint density at radius 2 is 2.05 bits per heavy atom. The van der Waals surface area contributed by atoms with E-state index in [1.54, 1.807) is 12.4 Å². The van der Waals surface area contributed by atoms with E-state index in [-0.39, 0.29) is 23.3 Å². The highest BCUT2D eigenvalue weighted by Gasteiger charge is 2.54. The number of amides is 3. The summed E-state index contributed by atoms with van der Waals surface area (Å²) in [5.41, 5.74) is 0.0661. The molecule has 0 bridgehead atoms.